The van der Waals surface area contributed by atoms with Gasteiger partial charge in [0.1, 0.15) is 0 Å². The van der Waals surface area contributed by atoms with E-state index >= 15 is 0 Å². The summed E-state index contributed by atoms with van der Waals surface area (Å²) in [5.74, 6) is -0.0649. The van der Waals surface area contributed by atoms with Gasteiger partial charge in [-0.05, 0) is 67.5 Å². The molecule has 7 heteroatoms. The second kappa shape index (κ2) is 12.5. The first-order valence-corrected chi connectivity index (χ1v) is 16.5. The maximum absolute atomic E-state index is 14.5. The zero-order chi connectivity index (χ0) is 31.8. The molecule has 1 aliphatic rings. The number of esters is 1. The van der Waals surface area contributed by atoms with E-state index in [1.165, 1.54) is 16.9 Å². The fourth-order valence-electron chi connectivity index (χ4n) is 6.29. The molecule has 230 valence electrons. The molecule has 5 aromatic rings. The SMILES string of the molecule is CCCC1=C(C(=O)OCC)[C@H](c2ccc(C(C)C)cc2)n2c(s/c(=C\c3c(-c4ccccc4)[nH]c4c(C)cc(C)cc34)c2=O)=N1. The smallest absolute Gasteiger partial charge is 0.338 e. The third-order valence-electron chi connectivity index (χ3n) is 8.44. The normalized spacial score (nSPS) is 15.1. The molecule has 0 spiro atoms. The highest BCUT2D eigenvalue weighted by atomic mass is 32.1. The van der Waals surface area contributed by atoms with Crippen molar-refractivity contribution in [2.24, 2.45) is 4.99 Å². The number of aromatic amines is 1. The van der Waals surface area contributed by atoms with Crippen molar-refractivity contribution in [3.63, 3.8) is 0 Å². The van der Waals surface area contributed by atoms with Crippen LogP contribution in [0.1, 0.15) is 80.3 Å². The largest absolute Gasteiger partial charge is 0.463 e. The van der Waals surface area contributed by atoms with Crippen molar-refractivity contribution in [3.05, 3.63) is 126 Å². The Hall–Kier alpha value is -4.49. The van der Waals surface area contributed by atoms with E-state index in [-0.39, 0.29) is 12.2 Å². The van der Waals surface area contributed by atoms with Gasteiger partial charge in [0.05, 0.1) is 34.1 Å². The number of hydrogen-bond acceptors (Lipinski definition) is 5. The highest BCUT2D eigenvalue weighted by molar-refractivity contribution is 7.07. The van der Waals surface area contributed by atoms with Gasteiger partial charge in [0.25, 0.3) is 5.56 Å². The summed E-state index contributed by atoms with van der Waals surface area (Å²) in [5.41, 5.74) is 9.34. The van der Waals surface area contributed by atoms with Crippen LogP contribution in [0.2, 0.25) is 0 Å². The number of nitrogens with one attached hydrogen (secondary N) is 1. The number of aryl methyl sites for hydroxylation is 2. The molecule has 1 aliphatic heterocycles. The number of fused-ring (bicyclic) bond motifs is 2. The van der Waals surface area contributed by atoms with E-state index < -0.39 is 12.0 Å². The maximum atomic E-state index is 14.5. The number of allylic oxidation sites excluding steroid dienone is 1. The van der Waals surface area contributed by atoms with Gasteiger partial charge in [0, 0.05) is 16.5 Å². The molecule has 6 rings (SSSR count). The molecule has 1 atom stereocenters. The summed E-state index contributed by atoms with van der Waals surface area (Å²) < 4.78 is 7.83. The first-order valence-electron chi connectivity index (χ1n) is 15.7. The van der Waals surface area contributed by atoms with E-state index in [4.69, 9.17) is 9.73 Å². The Morgan fingerprint density at radius 2 is 1.80 bits per heavy atom. The number of H-pyrrole nitrogens is 1. The maximum Gasteiger partial charge on any atom is 0.338 e. The quantitative estimate of drug-likeness (QED) is 0.184. The Bertz CT molecular complexity index is 2110. The fourth-order valence-corrected chi connectivity index (χ4v) is 7.29. The van der Waals surface area contributed by atoms with Gasteiger partial charge in [0.15, 0.2) is 4.80 Å². The predicted octanol–water partition coefficient (Wildman–Crippen LogP) is 7.47. The van der Waals surface area contributed by atoms with Gasteiger partial charge < -0.3 is 9.72 Å². The second-order valence-corrected chi connectivity index (χ2v) is 13.0. The van der Waals surface area contributed by atoms with Crippen LogP contribution in [0.4, 0.5) is 0 Å². The van der Waals surface area contributed by atoms with Crippen LogP contribution in [0.5, 0.6) is 0 Å². The molecule has 0 bridgehead atoms. The summed E-state index contributed by atoms with van der Waals surface area (Å²) >= 11 is 1.37. The number of ether oxygens (including phenoxy) is 1. The molecule has 45 heavy (non-hydrogen) atoms. The second-order valence-electron chi connectivity index (χ2n) is 12.0. The Labute approximate surface area is 267 Å². The molecule has 3 heterocycles. The Kier molecular flexibility index (Phi) is 8.47. The van der Waals surface area contributed by atoms with E-state index in [0.717, 1.165) is 50.8 Å². The standard InChI is InChI=1S/C38H39N3O3S/c1-7-12-30-32(37(43)44-8-2)35(27-17-15-25(16-18-27)22(3)4)41-36(42)31(45-38(41)39-30)21-29-28-20-23(5)19-24(6)33(28)40-34(29)26-13-10-9-11-14-26/h9-11,13-22,35,40H,7-8,12H2,1-6H3/b31-21-/t35-/m0/s1. The molecule has 0 saturated heterocycles. The molecule has 1 N–H and O–H groups in total. The van der Waals surface area contributed by atoms with Gasteiger partial charge in [-0.15, -0.1) is 0 Å². The average molecular weight is 618 g/mol. The van der Waals surface area contributed by atoms with Crippen molar-refractivity contribution in [3.8, 4) is 11.3 Å². The molecule has 6 nitrogen and oxygen atoms in total. The Balaban J connectivity index is 1.64. The molecule has 3 aromatic carbocycles. The molecule has 0 unspecified atom stereocenters. The molecule has 0 radical (unpaired) electrons. The van der Waals surface area contributed by atoms with Crippen molar-refractivity contribution in [1.82, 2.24) is 9.55 Å². The van der Waals surface area contributed by atoms with Crippen molar-refractivity contribution in [1.29, 1.82) is 0 Å². The molecule has 0 aliphatic carbocycles. The van der Waals surface area contributed by atoms with Gasteiger partial charge in [-0.25, -0.2) is 9.79 Å². The lowest BCUT2D eigenvalue weighted by Gasteiger charge is -2.26. The minimum atomic E-state index is -0.633. The van der Waals surface area contributed by atoms with Crippen LogP contribution in [0.15, 0.2) is 87.8 Å². The van der Waals surface area contributed by atoms with Crippen LogP contribution in [-0.2, 0) is 9.53 Å². The van der Waals surface area contributed by atoms with Gasteiger partial charge >= 0.3 is 5.97 Å². The summed E-state index contributed by atoms with van der Waals surface area (Å²) in [6, 6.07) is 22.1. The average Bonchev–Trinajstić information content (AvgIpc) is 3.54. The summed E-state index contributed by atoms with van der Waals surface area (Å²) in [5, 5.41) is 1.07. The molecule has 0 fully saturated rings. The lowest BCUT2D eigenvalue weighted by molar-refractivity contribution is -0.139. The monoisotopic (exact) mass is 617 g/mol. The summed E-state index contributed by atoms with van der Waals surface area (Å²) in [4.78, 5) is 37.3. The molecule has 0 saturated carbocycles. The molecular weight excluding hydrogens is 579 g/mol. The highest BCUT2D eigenvalue weighted by Gasteiger charge is 2.34. The van der Waals surface area contributed by atoms with Crippen molar-refractivity contribution in [2.45, 2.75) is 66.3 Å². The molecule has 2 aromatic heterocycles. The first kappa shape index (κ1) is 30.5. The lowest BCUT2D eigenvalue weighted by atomic mass is 9.92. The summed E-state index contributed by atoms with van der Waals surface area (Å²) in [6.07, 6.45) is 3.42. The summed E-state index contributed by atoms with van der Waals surface area (Å²) in [7, 11) is 0. The van der Waals surface area contributed by atoms with Crippen LogP contribution in [-0.4, -0.2) is 22.1 Å². The zero-order valence-corrected chi connectivity index (χ0v) is 27.5. The van der Waals surface area contributed by atoms with Gasteiger partial charge in [-0.3, -0.25) is 9.36 Å². The van der Waals surface area contributed by atoms with Gasteiger partial charge in [0.2, 0.25) is 0 Å². The minimum absolute atomic E-state index is 0.174. The summed E-state index contributed by atoms with van der Waals surface area (Å²) in [6.45, 7) is 12.6. The van der Waals surface area contributed by atoms with E-state index in [9.17, 15) is 9.59 Å². The highest BCUT2D eigenvalue weighted by Crippen LogP contribution is 2.35. The van der Waals surface area contributed by atoms with E-state index in [1.807, 2.05) is 36.4 Å². The fraction of sp³-hybridized carbons (Fsp3) is 0.289. The number of hydrogen-bond donors (Lipinski definition) is 1. The molecular formula is C38H39N3O3S. The van der Waals surface area contributed by atoms with E-state index in [1.54, 1.807) is 11.5 Å². The number of thiazole rings is 1. The van der Waals surface area contributed by atoms with Crippen LogP contribution >= 0.6 is 11.3 Å². The minimum Gasteiger partial charge on any atom is -0.463 e. The number of nitrogens with zero attached hydrogens (tertiary/aromatic N) is 2. The van der Waals surface area contributed by atoms with Crippen LogP contribution in [0.25, 0.3) is 28.2 Å². The molecule has 0 amide bonds. The van der Waals surface area contributed by atoms with Crippen LogP contribution < -0.4 is 14.9 Å². The third kappa shape index (κ3) is 5.61. The van der Waals surface area contributed by atoms with Crippen molar-refractivity contribution >= 4 is 34.3 Å². The van der Waals surface area contributed by atoms with Gasteiger partial charge in [-0.2, -0.15) is 0 Å². The van der Waals surface area contributed by atoms with Crippen LogP contribution in [0, 0.1) is 13.8 Å². The number of carbonyl (C=O) groups excluding carboxylic acids is 1. The van der Waals surface area contributed by atoms with E-state index in [2.05, 4.69) is 76.0 Å². The lowest BCUT2D eigenvalue weighted by Crippen LogP contribution is -2.40. The Morgan fingerprint density at radius 3 is 2.47 bits per heavy atom. The topological polar surface area (TPSA) is 76.5 Å². The first-order chi connectivity index (χ1) is 21.7. The zero-order valence-electron chi connectivity index (χ0n) is 26.7. The van der Waals surface area contributed by atoms with Crippen molar-refractivity contribution < 1.29 is 9.53 Å². The third-order valence-corrected chi connectivity index (χ3v) is 9.42. The van der Waals surface area contributed by atoms with E-state index in [0.29, 0.717) is 32.9 Å². The number of aromatic nitrogens is 2. The number of rotatable bonds is 8. The van der Waals surface area contributed by atoms with Gasteiger partial charge in [-0.1, -0.05) is 105 Å². The number of carbonyl (C=O) groups is 1. The number of benzene rings is 3. The van der Waals surface area contributed by atoms with Crippen molar-refractivity contribution in [2.75, 3.05) is 6.61 Å². The Morgan fingerprint density at radius 1 is 1.07 bits per heavy atom. The van der Waals surface area contributed by atoms with Crippen LogP contribution in [0.3, 0.4) is 0 Å². The predicted molar refractivity (Wildman–Crippen MR) is 183 cm³/mol.